The number of fused-ring (bicyclic) bond motifs is 1. The summed E-state index contributed by atoms with van der Waals surface area (Å²) in [5.74, 6) is -2.04. The first-order valence-electron chi connectivity index (χ1n) is 9.04. The fraction of sp³-hybridized carbons (Fsp3) is 0.333. The van der Waals surface area contributed by atoms with Crippen LogP contribution in [0.15, 0.2) is 47.2 Å². The van der Waals surface area contributed by atoms with E-state index in [0.29, 0.717) is 5.57 Å². The van der Waals surface area contributed by atoms with Crippen molar-refractivity contribution < 1.29 is 13.9 Å². The van der Waals surface area contributed by atoms with Crippen LogP contribution >= 0.6 is 0 Å². The number of carbonyl (C=O) groups excluding carboxylic acids is 1. The van der Waals surface area contributed by atoms with E-state index in [0.717, 1.165) is 0 Å². The van der Waals surface area contributed by atoms with Crippen LogP contribution in [0, 0.1) is 51.1 Å². The third-order valence-electron chi connectivity index (χ3n) is 5.41. The molecule has 1 aromatic rings. The number of halogens is 1. The number of nitriles is 3. The van der Waals surface area contributed by atoms with Gasteiger partial charge in [0.1, 0.15) is 5.82 Å². The fourth-order valence-corrected chi connectivity index (χ4v) is 4.08. The van der Waals surface area contributed by atoms with Gasteiger partial charge in [-0.2, -0.15) is 15.8 Å². The highest BCUT2D eigenvalue weighted by Gasteiger charge is 2.53. The van der Waals surface area contributed by atoms with Gasteiger partial charge < -0.3 is 15.4 Å². The van der Waals surface area contributed by atoms with Gasteiger partial charge in [-0.3, -0.25) is 0 Å². The summed E-state index contributed by atoms with van der Waals surface area (Å²) >= 11 is 0. The molecule has 0 aromatic heterocycles. The molecule has 1 amide bonds. The molecule has 0 saturated heterocycles. The monoisotopic (exact) mass is 391 g/mol. The zero-order valence-corrected chi connectivity index (χ0v) is 15.7. The van der Waals surface area contributed by atoms with Crippen LogP contribution < -0.4 is 5.73 Å². The Balaban J connectivity index is 2.25. The first-order valence-corrected chi connectivity index (χ1v) is 9.04. The smallest absolute Gasteiger partial charge is 0.410 e. The molecule has 0 saturated carbocycles. The average Bonchev–Trinajstić information content (AvgIpc) is 2.74. The third-order valence-corrected chi connectivity index (χ3v) is 5.41. The fourth-order valence-electron chi connectivity index (χ4n) is 4.08. The van der Waals surface area contributed by atoms with Gasteiger partial charge in [0.05, 0.1) is 36.1 Å². The van der Waals surface area contributed by atoms with Gasteiger partial charge in [0.15, 0.2) is 0 Å². The molecule has 2 atom stereocenters. The lowest BCUT2D eigenvalue weighted by atomic mass is 9.60. The van der Waals surface area contributed by atoms with E-state index in [1.165, 1.54) is 23.1 Å². The van der Waals surface area contributed by atoms with Gasteiger partial charge in [-0.1, -0.05) is 24.3 Å². The second-order valence-electron chi connectivity index (χ2n) is 6.78. The molecule has 0 fully saturated rings. The summed E-state index contributed by atoms with van der Waals surface area (Å²) in [6.45, 7) is 2.05. The molecule has 29 heavy (non-hydrogen) atoms. The summed E-state index contributed by atoms with van der Waals surface area (Å²) in [5.41, 5.74) is 4.70. The van der Waals surface area contributed by atoms with Crippen molar-refractivity contribution in [1.82, 2.24) is 4.90 Å². The number of hydrogen-bond donors (Lipinski definition) is 1. The van der Waals surface area contributed by atoms with Crippen molar-refractivity contribution in [2.24, 2.45) is 17.1 Å². The molecule has 1 aromatic carbocycles. The topological polar surface area (TPSA) is 127 Å². The molecule has 3 rings (SSSR count). The van der Waals surface area contributed by atoms with E-state index in [9.17, 15) is 25.0 Å². The average molecular weight is 391 g/mol. The number of hydrogen-bond acceptors (Lipinski definition) is 6. The standard InChI is InChI=1S/C21H18FN5O2/c1-2-29-20(28)27-8-7-16-15(10-27)18(13-5-3-4-6-17(13)22)14(9-23)19(26)21(16,11-24)12-25/h3-7,15,18H,2,8,10,26H2,1H3/t15-,18-/m1/s1. The normalized spacial score (nSPS) is 22.4. The molecule has 0 spiro atoms. The molecule has 8 heteroatoms. The van der Waals surface area contributed by atoms with E-state index < -0.39 is 29.2 Å². The van der Waals surface area contributed by atoms with Crippen LogP contribution in [0.5, 0.6) is 0 Å². The Hall–Kier alpha value is -3.83. The number of benzene rings is 1. The summed E-state index contributed by atoms with van der Waals surface area (Å²) in [4.78, 5) is 13.7. The van der Waals surface area contributed by atoms with E-state index in [1.807, 2.05) is 18.2 Å². The van der Waals surface area contributed by atoms with Crippen LogP contribution in [-0.4, -0.2) is 30.7 Å². The highest BCUT2D eigenvalue weighted by atomic mass is 19.1. The second kappa shape index (κ2) is 7.66. The lowest BCUT2D eigenvalue weighted by Gasteiger charge is -2.44. The Morgan fingerprint density at radius 1 is 1.34 bits per heavy atom. The molecule has 0 unspecified atom stereocenters. The number of rotatable bonds is 2. The van der Waals surface area contributed by atoms with Gasteiger partial charge >= 0.3 is 6.09 Å². The maximum absolute atomic E-state index is 14.7. The molecule has 146 valence electrons. The molecular formula is C21H18FN5O2. The van der Waals surface area contributed by atoms with E-state index in [4.69, 9.17) is 10.5 Å². The molecule has 2 aliphatic rings. The Morgan fingerprint density at radius 2 is 2.03 bits per heavy atom. The van der Waals surface area contributed by atoms with Gasteiger partial charge in [-0.15, -0.1) is 0 Å². The molecule has 2 N–H and O–H groups in total. The SMILES string of the molecule is CCOC(=O)N1CC=C2[C@@H](C1)[C@H](c1ccccc1F)C(C#N)=C(N)C2(C#N)C#N. The van der Waals surface area contributed by atoms with Gasteiger partial charge in [-0.05, 0) is 24.1 Å². The van der Waals surface area contributed by atoms with Gasteiger partial charge in [0.2, 0.25) is 5.41 Å². The Morgan fingerprint density at radius 3 is 2.62 bits per heavy atom. The van der Waals surface area contributed by atoms with Gasteiger partial charge in [0.25, 0.3) is 0 Å². The van der Waals surface area contributed by atoms with E-state index in [2.05, 4.69) is 0 Å². The van der Waals surface area contributed by atoms with Crippen LogP contribution in [-0.2, 0) is 4.74 Å². The lowest BCUT2D eigenvalue weighted by molar-refractivity contribution is 0.101. The number of ether oxygens (including phenoxy) is 1. The lowest BCUT2D eigenvalue weighted by Crippen LogP contribution is -2.49. The highest BCUT2D eigenvalue weighted by molar-refractivity contribution is 5.69. The van der Waals surface area contributed by atoms with Crippen molar-refractivity contribution in [3.8, 4) is 18.2 Å². The van der Waals surface area contributed by atoms with E-state index >= 15 is 0 Å². The van der Waals surface area contributed by atoms with Crippen molar-refractivity contribution >= 4 is 6.09 Å². The largest absolute Gasteiger partial charge is 0.450 e. The zero-order chi connectivity index (χ0) is 21.2. The molecule has 1 aliphatic carbocycles. The van der Waals surface area contributed by atoms with E-state index in [-0.39, 0.29) is 36.5 Å². The van der Waals surface area contributed by atoms with Crippen molar-refractivity contribution in [1.29, 1.82) is 15.8 Å². The zero-order valence-electron chi connectivity index (χ0n) is 15.7. The van der Waals surface area contributed by atoms with Crippen molar-refractivity contribution in [2.45, 2.75) is 12.8 Å². The summed E-state index contributed by atoms with van der Waals surface area (Å²) in [6, 6.07) is 11.8. The summed E-state index contributed by atoms with van der Waals surface area (Å²) < 4.78 is 19.7. The third kappa shape index (κ3) is 2.98. The van der Waals surface area contributed by atoms with Crippen molar-refractivity contribution in [2.75, 3.05) is 19.7 Å². The molecule has 1 heterocycles. The van der Waals surface area contributed by atoms with Gasteiger partial charge in [-0.25, -0.2) is 9.18 Å². The summed E-state index contributed by atoms with van der Waals surface area (Å²) in [7, 11) is 0. The highest BCUT2D eigenvalue weighted by Crippen LogP contribution is 2.53. The summed E-state index contributed by atoms with van der Waals surface area (Å²) in [6.07, 6.45) is 1.03. The predicted octanol–water partition coefficient (Wildman–Crippen LogP) is 2.71. The van der Waals surface area contributed by atoms with Crippen LogP contribution in [0.4, 0.5) is 9.18 Å². The number of carbonyl (C=O) groups is 1. The predicted molar refractivity (Wildman–Crippen MR) is 99.8 cm³/mol. The van der Waals surface area contributed by atoms with E-state index in [1.54, 1.807) is 19.1 Å². The maximum atomic E-state index is 14.7. The number of allylic oxidation sites excluding steroid dienone is 2. The van der Waals surface area contributed by atoms with Crippen LogP contribution in [0.25, 0.3) is 0 Å². The van der Waals surface area contributed by atoms with Crippen molar-refractivity contribution in [3.63, 3.8) is 0 Å². The minimum absolute atomic E-state index is 0.0361. The minimum atomic E-state index is -1.84. The number of amides is 1. The molecule has 0 radical (unpaired) electrons. The van der Waals surface area contributed by atoms with Crippen molar-refractivity contribution in [3.05, 3.63) is 58.6 Å². The second-order valence-corrected chi connectivity index (χ2v) is 6.78. The molecular weight excluding hydrogens is 373 g/mol. The Kier molecular flexibility index (Phi) is 5.26. The Bertz CT molecular complexity index is 1030. The van der Waals surface area contributed by atoms with Crippen LogP contribution in [0.2, 0.25) is 0 Å². The number of nitrogens with zero attached hydrogens (tertiary/aromatic N) is 4. The maximum Gasteiger partial charge on any atom is 0.410 e. The molecule has 1 aliphatic heterocycles. The Labute approximate surface area is 167 Å². The van der Waals surface area contributed by atoms with Crippen LogP contribution in [0.3, 0.4) is 0 Å². The summed E-state index contributed by atoms with van der Waals surface area (Å²) in [5, 5.41) is 29.4. The number of nitrogens with two attached hydrogens (primary N) is 1. The molecule has 7 nitrogen and oxygen atoms in total. The first-order chi connectivity index (χ1) is 13.9. The minimum Gasteiger partial charge on any atom is -0.450 e. The molecule has 0 bridgehead atoms. The quantitative estimate of drug-likeness (QED) is 0.772. The van der Waals surface area contributed by atoms with Gasteiger partial charge in [0, 0.05) is 24.9 Å². The van der Waals surface area contributed by atoms with Crippen LogP contribution in [0.1, 0.15) is 18.4 Å². The first kappa shape index (κ1) is 19.9.